The van der Waals surface area contributed by atoms with Crippen molar-refractivity contribution >= 4 is 17.9 Å². The number of allylic oxidation sites excluding steroid dienone is 12. The molecule has 6 nitrogen and oxygen atoms in total. The van der Waals surface area contributed by atoms with E-state index < -0.39 is 6.10 Å². The third kappa shape index (κ3) is 63.7. The molecule has 0 saturated heterocycles. The lowest BCUT2D eigenvalue weighted by Gasteiger charge is -2.18. The first-order valence-corrected chi connectivity index (χ1v) is 33.9. The lowest BCUT2D eigenvalue weighted by molar-refractivity contribution is -0.167. The van der Waals surface area contributed by atoms with Crippen molar-refractivity contribution in [3.63, 3.8) is 0 Å². The molecule has 452 valence electrons. The molecular weight excluding hydrogens is 961 g/mol. The van der Waals surface area contributed by atoms with E-state index in [2.05, 4.69) is 93.7 Å². The fourth-order valence-corrected chi connectivity index (χ4v) is 9.92. The third-order valence-electron chi connectivity index (χ3n) is 15.0. The van der Waals surface area contributed by atoms with Crippen LogP contribution in [0, 0.1) is 0 Å². The van der Waals surface area contributed by atoms with Crippen molar-refractivity contribution in [3.05, 3.63) is 72.9 Å². The number of carbonyl (C=O) groups excluding carboxylic acids is 3. The summed E-state index contributed by atoms with van der Waals surface area (Å²) in [6.45, 7) is 6.55. The number of carbonyl (C=O) groups is 3. The van der Waals surface area contributed by atoms with Crippen LogP contribution >= 0.6 is 0 Å². The maximum Gasteiger partial charge on any atom is 0.306 e. The molecule has 6 heteroatoms. The Kier molecular flexibility index (Phi) is 63.7. The van der Waals surface area contributed by atoms with Crippen LogP contribution in [0.2, 0.25) is 0 Å². The summed E-state index contributed by atoms with van der Waals surface area (Å²) in [6.07, 6.45) is 86.3. The summed E-state index contributed by atoms with van der Waals surface area (Å²) in [7, 11) is 0. The zero-order valence-corrected chi connectivity index (χ0v) is 51.9. The number of unbranched alkanes of at least 4 members (excludes halogenated alkanes) is 39. The van der Waals surface area contributed by atoms with Crippen molar-refractivity contribution in [2.24, 2.45) is 0 Å². The van der Waals surface area contributed by atoms with Crippen molar-refractivity contribution in [1.82, 2.24) is 0 Å². The van der Waals surface area contributed by atoms with Gasteiger partial charge in [-0.15, -0.1) is 0 Å². The summed E-state index contributed by atoms with van der Waals surface area (Å²) in [4.78, 5) is 38.4. The highest BCUT2D eigenvalue weighted by atomic mass is 16.6. The lowest BCUT2D eigenvalue weighted by atomic mass is 10.0. The van der Waals surface area contributed by atoms with Crippen LogP contribution in [0.1, 0.15) is 348 Å². The molecular formula is C72H128O6. The minimum absolute atomic E-state index is 0.0844. The molecule has 0 amide bonds. The van der Waals surface area contributed by atoms with Crippen LogP contribution in [-0.4, -0.2) is 37.2 Å². The number of esters is 3. The zero-order valence-electron chi connectivity index (χ0n) is 51.9. The first-order chi connectivity index (χ1) is 38.5. The number of ether oxygens (including phenoxy) is 3. The number of hydrogen-bond donors (Lipinski definition) is 0. The highest BCUT2D eigenvalue weighted by Crippen LogP contribution is 2.18. The average molecular weight is 1090 g/mol. The summed E-state index contributed by atoms with van der Waals surface area (Å²) in [5, 5.41) is 0. The lowest BCUT2D eigenvalue weighted by Crippen LogP contribution is -2.30. The van der Waals surface area contributed by atoms with Crippen LogP contribution in [0.25, 0.3) is 0 Å². The van der Waals surface area contributed by atoms with Crippen LogP contribution in [0.15, 0.2) is 72.9 Å². The van der Waals surface area contributed by atoms with Crippen LogP contribution in [0.3, 0.4) is 0 Å². The fourth-order valence-electron chi connectivity index (χ4n) is 9.92. The van der Waals surface area contributed by atoms with Crippen molar-refractivity contribution in [2.45, 2.75) is 354 Å². The first-order valence-electron chi connectivity index (χ1n) is 33.9. The van der Waals surface area contributed by atoms with Gasteiger partial charge in [-0.25, -0.2) is 0 Å². The molecule has 0 N–H and O–H groups in total. The second-order valence-corrected chi connectivity index (χ2v) is 22.7. The summed E-state index contributed by atoms with van der Waals surface area (Å²) in [5.74, 6) is -0.907. The monoisotopic (exact) mass is 1090 g/mol. The Labute approximate surface area is 484 Å². The van der Waals surface area contributed by atoms with Gasteiger partial charge < -0.3 is 14.2 Å². The van der Waals surface area contributed by atoms with Crippen molar-refractivity contribution in [2.75, 3.05) is 13.2 Å². The van der Waals surface area contributed by atoms with Gasteiger partial charge in [0.1, 0.15) is 13.2 Å². The molecule has 0 heterocycles. The number of hydrogen-bond acceptors (Lipinski definition) is 6. The number of rotatable bonds is 62. The normalized spacial score (nSPS) is 12.5. The van der Waals surface area contributed by atoms with Gasteiger partial charge in [0.15, 0.2) is 6.10 Å². The van der Waals surface area contributed by atoms with Gasteiger partial charge in [-0.2, -0.15) is 0 Å². The average Bonchev–Trinajstić information content (AvgIpc) is 3.44. The topological polar surface area (TPSA) is 78.9 Å². The molecule has 0 bridgehead atoms. The van der Waals surface area contributed by atoms with E-state index in [1.54, 1.807) is 0 Å². The Morgan fingerprint density at radius 2 is 0.500 bits per heavy atom. The molecule has 0 radical (unpaired) electrons. The molecule has 1 atom stereocenters. The second kappa shape index (κ2) is 66.4. The largest absolute Gasteiger partial charge is 0.462 e. The van der Waals surface area contributed by atoms with Gasteiger partial charge in [-0.1, -0.05) is 331 Å². The molecule has 0 aromatic carbocycles. The molecule has 0 aromatic heterocycles. The van der Waals surface area contributed by atoms with E-state index in [0.717, 1.165) is 96.3 Å². The van der Waals surface area contributed by atoms with Gasteiger partial charge in [-0.3, -0.25) is 14.4 Å². The first kappa shape index (κ1) is 74.8. The quantitative estimate of drug-likeness (QED) is 0.0261. The molecule has 0 aliphatic heterocycles. The molecule has 78 heavy (non-hydrogen) atoms. The summed E-state index contributed by atoms with van der Waals surface area (Å²) < 4.78 is 17.0. The van der Waals surface area contributed by atoms with Gasteiger partial charge in [-0.05, 0) is 70.6 Å². The van der Waals surface area contributed by atoms with E-state index in [9.17, 15) is 14.4 Å². The molecule has 0 rings (SSSR count). The Balaban J connectivity index is 4.41. The molecule has 0 aromatic rings. The Morgan fingerprint density at radius 1 is 0.269 bits per heavy atom. The zero-order chi connectivity index (χ0) is 56.4. The summed E-state index contributed by atoms with van der Waals surface area (Å²) in [6, 6.07) is 0. The Hall–Kier alpha value is -3.15. The summed E-state index contributed by atoms with van der Waals surface area (Å²) in [5.41, 5.74) is 0. The molecule has 1 unspecified atom stereocenters. The predicted octanol–water partition coefficient (Wildman–Crippen LogP) is 23.3. The maximum atomic E-state index is 12.9. The highest BCUT2D eigenvalue weighted by Gasteiger charge is 2.19. The Bertz CT molecular complexity index is 1440. The molecule has 0 saturated carbocycles. The maximum absolute atomic E-state index is 12.9. The van der Waals surface area contributed by atoms with E-state index in [0.29, 0.717) is 19.3 Å². The van der Waals surface area contributed by atoms with Crippen molar-refractivity contribution in [1.29, 1.82) is 0 Å². The SMILES string of the molecule is CC/C=C\C/C=C\C/C=C\C/C=C\C/C=C\C/C=C\CCCCC(=O)OCC(COC(=O)CCCCCCCCCCCCCCCCCCCCC)OC(=O)CCCCCCCCCCCCCCCCCCCCCC. The van der Waals surface area contributed by atoms with E-state index in [1.807, 2.05) is 0 Å². The molecule has 0 aliphatic carbocycles. The third-order valence-corrected chi connectivity index (χ3v) is 15.0. The molecule has 0 spiro atoms. The van der Waals surface area contributed by atoms with E-state index >= 15 is 0 Å². The van der Waals surface area contributed by atoms with Gasteiger partial charge in [0.25, 0.3) is 0 Å². The van der Waals surface area contributed by atoms with Crippen LogP contribution in [-0.2, 0) is 28.6 Å². The van der Waals surface area contributed by atoms with Gasteiger partial charge in [0, 0.05) is 19.3 Å². The van der Waals surface area contributed by atoms with Gasteiger partial charge >= 0.3 is 17.9 Å². The summed E-state index contributed by atoms with van der Waals surface area (Å²) >= 11 is 0. The highest BCUT2D eigenvalue weighted by molar-refractivity contribution is 5.71. The van der Waals surface area contributed by atoms with Gasteiger partial charge in [0.2, 0.25) is 0 Å². The van der Waals surface area contributed by atoms with Crippen molar-refractivity contribution < 1.29 is 28.6 Å². The standard InChI is InChI=1S/C72H128O6/c1-4-7-10-13-16-19-22-25-28-31-34-36-39-41-44-47-50-53-56-59-62-65-71(74)77-68-69(67-76-70(73)64-61-58-55-52-49-46-43-40-37-33-30-27-24-21-18-15-12-9-6-3)78-72(75)66-63-60-57-54-51-48-45-42-38-35-32-29-26-23-20-17-14-11-8-5-2/h7,10,16,19,25,28,34,36,41,44,50,53,69H,4-6,8-9,11-15,17-18,20-24,26-27,29-33,35,37-40,42-43,45-49,51-52,54-68H2,1-3H3/b10-7-,19-16-,28-25-,36-34-,44-41-,53-50-. The second-order valence-electron chi connectivity index (χ2n) is 22.7. The van der Waals surface area contributed by atoms with Crippen LogP contribution < -0.4 is 0 Å². The smallest absolute Gasteiger partial charge is 0.306 e. The minimum Gasteiger partial charge on any atom is -0.462 e. The molecule has 0 aliphatic rings. The van der Waals surface area contributed by atoms with E-state index in [4.69, 9.17) is 14.2 Å². The predicted molar refractivity (Wildman–Crippen MR) is 339 cm³/mol. The van der Waals surface area contributed by atoms with Crippen LogP contribution in [0.4, 0.5) is 0 Å². The van der Waals surface area contributed by atoms with Crippen LogP contribution in [0.5, 0.6) is 0 Å². The fraction of sp³-hybridized carbons (Fsp3) is 0.792. The van der Waals surface area contributed by atoms with E-state index in [1.165, 1.54) is 212 Å². The molecule has 0 fully saturated rings. The van der Waals surface area contributed by atoms with Gasteiger partial charge in [0.05, 0.1) is 0 Å². The van der Waals surface area contributed by atoms with E-state index in [-0.39, 0.29) is 31.1 Å². The van der Waals surface area contributed by atoms with Crippen molar-refractivity contribution in [3.8, 4) is 0 Å². The minimum atomic E-state index is -0.792. The Morgan fingerprint density at radius 3 is 0.782 bits per heavy atom.